The molecule has 5 aliphatic rings. The molecule has 5 saturated carbocycles. The van der Waals surface area contributed by atoms with E-state index in [-0.39, 0.29) is 11.6 Å². The number of hydrogen-bond acceptors (Lipinski definition) is 1. The monoisotopic (exact) mass is 304 g/mol. The minimum absolute atomic E-state index is 0.0850. The maximum atomic E-state index is 12.6. The number of nitrogens with one attached hydrogen (secondary N) is 2. The number of carbonyl (C=O) groups is 1. The maximum Gasteiger partial charge on any atom is 0.315 e. The molecule has 5 aliphatic carbocycles. The molecule has 0 aromatic heterocycles. The molecule has 0 aliphatic heterocycles. The van der Waals surface area contributed by atoms with E-state index in [1.807, 2.05) is 0 Å². The summed E-state index contributed by atoms with van der Waals surface area (Å²) >= 11 is 0. The average molecular weight is 304 g/mol. The first-order valence-corrected chi connectivity index (χ1v) is 9.47. The van der Waals surface area contributed by atoms with Gasteiger partial charge in [0, 0.05) is 11.6 Å². The first-order valence-electron chi connectivity index (χ1n) is 9.47. The molecule has 2 unspecified atom stereocenters. The maximum absolute atomic E-state index is 12.6. The van der Waals surface area contributed by atoms with Gasteiger partial charge in [-0.25, -0.2) is 4.79 Å². The van der Waals surface area contributed by atoms with Crippen molar-refractivity contribution in [1.82, 2.24) is 10.6 Å². The van der Waals surface area contributed by atoms with Crippen LogP contribution in [0.4, 0.5) is 4.79 Å². The van der Waals surface area contributed by atoms with E-state index in [0.29, 0.717) is 16.9 Å². The highest BCUT2D eigenvalue weighted by atomic mass is 16.2. The van der Waals surface area contributed by atoms with Crippen molar-refractivity contribution in [3.8, 4) is 0 Å². The summed E-state index contributed by atoms with van der Waals surface area (Å²) in [5, 5.41) is 6.74. The number of carbonyl (C=O) groups excluding carboxylic acids is 1. The second-order valence-electron chi connectivity index (χ2n) is 9.84. The number of amides is 2. The van der Waals surface area contributed by atoms with Gasteiger partial charge in [-0.2, -0.15) is 0 Å². The molecule has 0 aromatic carbocycles. The number of hydrogen-bond donors (Lipinski definition) is 2. The van der Waals surface area contributed by atoms with Gasteiger partial charge in [0.25, 0.3) is 0 Å². The smallest absolute Gasteiger partial charge is 0.315 e. The molecule has 22 heavy (non-hydrogen) atoms. The molecule has 124 valence electrons. The van der Waals surface area contributed by atoms with Crippen LogP contribution < -0.4 is 10.6 Å². The van der Waals surface area contributed by atoms with E-state index in [1.54, 1.807) is 0 Å². The van der Waals surface area contributed by atoms with Crippen LogP contribution in [0.25, 0.3) is 0 Å². The van der Waals surface area contributed by atoms with E-state index >= 15 is 0 Å². The molecule has 2 N–H and O–H groups in total. The largest absolute Gasteiger partial charge is 0.335 e. The summed E-state index contributed by atoms with van der Waals surface area (Å²) < 4.78 is 0. The highest BCUT2D eigenvalue weighted by molar-refractivity contribution is 5.75. The molecule has 0 spiro atoms. The highest BCUT2D eigenvalue weighted by Crippen LogP contribution is 2.66. The fraction of sp³-hybridized carbons (Fsp3) is 0.947. The summed E-state index contributed by atoms with van der Waals surface area (Å²) in [6.07, 6.45) is 14.0. The Hall–Kier alpha value is -0.730. The van der Waals surface area contributed by atoms with Crippen LogP contribution in [0.5, 0.6) is 0 Å². The van der Waals surface area contributed by atoms with Crippen LogP contribution in [-0.2, 0) is 0 Å². The van der Waals surface area contributed by atoms with Gasteiger partial charge in [0.05, 0.1) is 0 Å². The van der Waals surface area contributed by atoms with Crippen LogP contribution in [-0.4, -0.2) is 17.6 Å². The van der Waals surface area contributed by atoms with Gasteiger partial charge in [-0.1, -0.05) is 33.1 Å². The van der Waals surface area contributed by atoms with Gasteiger partial charge in [-0.3, -0.25) is 0 Å². The third-order valence-corrected chi connectivity index (χ3v) is 6.95. The zero-order valence-corrected chi connectivity index (χ0v) is 14.3. The second-order valence-corrected chi connectivity index (χ2v) is 9.84. The average Bonchev–Trinajstić information content (AvgIpc) is 2.34. The zero-order valence-electron chi connectivity index (χ0n) is 14.3. The van der Waals surface area contributed by atoms with E-state index in [9.17, 15) is 4.79 Å². The fourth-order valence-corrected chi connectivity index (χ4v) is 7.30. The normalized spacial score (nSPS) is 47.5. The Balaban J connectivity index is 1.44. The summed E-state index contributed by atoms with van der Waals surface area (Å²) in [6.45, 7) is 4.93. The molecule has 5 rings (SSSR count). The van der Waals surface area contributed by atoms with Gasteiger partial charge in [0.1, 0.15) is 0 Å². The van der Waals surface area contributed by atoms with Crippen LogP contribution in [0, 0.1) is 16.7 Å². The predicted octanol–water partition coefficient (Wildman–Crippen LogP) is 4.37. The molecule has 2 atom stereocenters. The molecule has 0 saturated heterocycles. The molecule has 2 amide bonds. The van der Waals surface area contributed by atoms with Crippen molar-refractivity contribution in [2.75, 3.05) is 0 Å². The lowest BCUT2D eigenvalue weighted by Gasteiger charge is -2.65. The van der Waals surface area contributed by atoms with Crippen molar-refractivity contribution >= 4 is 6.03 Å². The number of rotatable bonds is 2. The van der Waals surface area contributed by atoms with Crippen molar-refractivity contribution in [2.24, 2.45) is 16.7 Å². The SMILES string of the molecule is CC12CC3CC(C)(C1)CC(NC(=O)NC1CCCCC1)(C3)C2. The van der Waals surface area contributed by atoms with E-state index in [0.717, 1.165) is 5.92 Å². The van der Waals surface area contributed by atoms with Gasteiger partial charge >= 0.3 is 6.03 Å². The van der Waals surface area contributed by atoms with E-state index in [1.165, 1.54) is 70.6 Å². The molecular weight excluding hydrogens is 272 g/mol. The van der Waals surface area contributed by atoms with Crippen LogP contribution in [0.1, 0.15) is 84.5 Å². The second kappa shape index (κ2) is 4.88. The molecule has 0 heterocycles. The molecule has 5 fully saturated rings. The summed E-state index contributed by atoms with van der Waals surface area (Å²) in [4.78, 5) is 12.6. The Morgan fingerprint density at radius 3 is 2.14 bits per heavy atom. The third kappa shape index (κ3) is 2.65. The summed E-state index contributed by atoms with van der Waals surface area (Å²) in [7, 11) is 0. The van der Waals surface area contributed by atoms with Crippen molar-refractivity contribution in [2.45, 2.75) is 96.1 Å². The fourth-order valence-electron chi connectivity index (χ4n) is 7.30. The van der Waals surface area contributed by atoms with E-state index in [4.69, 9.17) is 0 Å². The molecule has 3 nitrogen and oxygen atoms in total. The topological polar surface area (TPSA) is 41.1 Å². The van der Waals surface area contributed by atoms with Crippen LogP contribution in [0.15, 0.2) is 0 Å². The Morgan fingerprint density at radius 1 is 0.909 bits per heavy atom. The van der Waals surface area contributed by atoms with Gasteiger partial charge in [-0.05, 0) is 68.1 Å². The van der Waals surface area contributed by atoms with Crippen LogP contribution in [0.3, 0.4) is 0 Å². The lowest BCUT2D eigenvalue weighted by molar-refractivity contribution is -0.113. The standard InChI is InChI=1S/C19H32N2O/c1-17-8-14-9-18(2,11-17)13-19(10-14,12-17)21-16(22)20-15-6-4-3-5-7-15/h14-15H,3-13H2,1-2H3,(H2,20,21,22). The minimum atomic E-state index is 0.0850. The van der Waals surface area contributed by atoms with E-state index in [2.05, 4.69) is 24.5 Å². The Kier molecular flexibility index (Phi) is 3.29. The molecule has 0 radical (unpaired) electrons. The van der Waals surface area contributed by atoms with Crippen molar-refractivity contribution in [1.29, 1.82) is 0 Å². The summed E-state index contributed by atoms with van der Waals surface area (Å²) in [6, 6.07) is 0.523. The summed E-state index contributed by atoms with van der Waals surface area (Å²) in [5.74, 6) is 0.834. The summed E-state index contributed by atoms with van der Waals surface area (Å²) in [5.41, 5.74) is 1.01. The lowest BCUT2D eigenvalue weighted by atomic mass is 9.43. The number of urea groups is 1. The quantitative estimate of drug-likeness (QED) is 0.781. The predicted molar refractivity (Wildman–Crippen MR) is 88.7 cm³/mol. The Bertz CT molecular complexity index is 450. The zero-order chi connectivity index (χ0) is 15.4. The first-order chi connectivity index (χ1) is 10.4. The van der Waals surface area contributed by atoms with Gasteiger partial charge in [0.2, 0.25) is 0 Å². The molecule has 3 heteroatoms. The van der Waals surface area contributed by atoms with Gasteiger partial charge in [-0.15, -0.1) is 0 Å². The van der Waals surface area contributed by atoms with E-state index < -0.39 is 0 Å². The van der Waals surface area contributed by atoms with Crippen molar-refractivity contribution in [3.63, 3.8) is 0 Å². The lowest BCUT2D eigenvalue weighted by Crippen LogP contribution is -2.66. The molecular formula is C19H32N2O. The van der Waals surface area contributed by atoms with Gasteiger partial charge in [0.15, 0.2) is 0 Å². The van der Waals surface area contributed by atoms with Crippen molar-refractivity contribution < 1.29 is 4.79 Å². The minimum Gasteiger partial charge on any atom is -0.335 e. The third-order valence-electron chi connectivity index (χ3n) is 6.95. The van der Waals surface area contributed by atoms with Gasteiger partial charge < -0.3 is 10.6 Å². The highest BCUT2D eigenvalue weighted by Gasteiger charge is 2.60. The molecule has 0 aromatic rings. The Morgan fingerprint density at radius 2 is 1.55 bits per heavy atom. The Labute approximate surface area is 135 Å². The van der Waals surface area contributed by atoms with Crippen LogP contribution in [0.2, 0.25) is 0 Å². The molecule has 4 bridgehead atoms. The first kappa shape index (κ1) is 14.8. The van der Waals surface area contributed by atoms with Crippen LogP contribution >= 0.6 is 0 Å². The van der Waals surface area contributed by atoms with Crippen molar-refractivity contribution in [3.05, 3.63) is 0 Å².